The van der Waals surface area contributed by atoms with Crippen LogP contribution in [0.5, 0.6) is 0 Å². The van der Waals surface area contributed by atoms with E-state index in [-0.39, 0.29) is 29.5 Å². The number of rotatable bonds is 4. The minimum Gasteiger partial charge on any atom is -0.453 e. The molecule has 0 aliphatic rings. The van der Waals surface area contributed by atoms with Gasteiger partial charge in [0.05, 0.1) is 17.0 Å². The molecule has 0 saturated carbocycles. The zero-order valence-electron chi connectivity index (χ0n) is 9.33. The fourth-order valence-corrected chi connectivity index (χ4v) is 1.57. The van der Waals surface area contributed by atoms with E-state index in [0.717, 1.165) is 0 Å². The van der Waals surface area contributed by atoms with Crippen LogP contribution >= 0.6 is 0 Å². The molecule has 2 aromatic rings. The number of furan rings is 1. The Bertz CT molecular complexity index is 604. The van der Waals surface area contributed by atoms with Crippen LogP contribution in [0, 0.1) is 10.1 Å². The number of ketones is 1. The second kappa shape index (κ2) is 4.80. The van der Waals surface area contributed by atoms with Gasteiger partial charge in [0, 0.05) is 6.07 Å². The summed E-state index contributed by atoms with van der Waals surface area (Å²) in [6.07, 6.45) is 0. The zero-order valence-corrected chi connectivity index (χ0v) is 9.33. The van der Waals surface area contributed by atoms with Crippen LogP contribution in [0.3, 0.4) is 0 Å². The number of hydrogen-bond acceptors (Lipinski definition) is 5. The van der Waals surface area contributed by atoms with Crippen LogP contribution in [0.15, 0.2) is 40.8 Å². The highest BCUT2D eigenvalue weighted by atomic mass is 16.6. The molecule has 92 valence electrons. The number of nitrogens with two attached hydrogens (primary N) is 1. The first kappa shape index (κ1) is 12.0. The second-order valence-electron chi connectivity index (χ2n) is 3.57. The normalized spacial score (nSPS) is 10.3. The van der Waals surface area contributed by atoms with E-state index in [4.69, 9.17) is 10.2 Å². The molecular formula is C12H10N2O4. The van der Waals surface area contributed by atoms with Crippen LogP contribution < -0.4 is 5.73 Å². The molecule has 2 rings (SSSR count). The SMILES string of the molecule is NCC(=O)c1ccc(-c2ccccc2[N+](=O)[O-])o1. The lowest BCUT2D eigenvalue weighted by molar-refractivity contribution is -0.384. The predicted molar refractivity (Wildman–Crippen MR) is 64.2 cm³/mol. The Balaban J connectivity index is 2.46. The van der Waals surface area contributed by atoms with Crippen molar-refractivity contribution in [1.82, 2.24) is 0 Å². The zero-order chi connectivity index (χ0) is 13.1. The highest BCUT2D eigenvalue weighted by Crippen LogP contribution is 2.30. The third-order valence-corrected chi connectivity index (χ3v) is 2.43. The Hall–Kier alpha value is -2.47. The van der Waals surface area contributed by atoms with E-state index in [1.165, 1.54) is 18.2 Å². The van der Waals surface area contributed by atoms with Crippen LogP contribution in [0.2, 0.25) is 0 Å². The fourth-order valence-electron chi connectivity index (χ4n) is 1.57. The molecule has 1 aromatic heterocycles. The van der Waals surface area contributed by atoms with Crippen LogP contribution in [-0.4, -0.2) is 17.3 Å². The largest absolute Gasteiger partial charge is 0.453 e. The molecule has 1 heterocycles. The number of nitrogens with zero attached hydrogens (tertiary/aromatic N) is 1. The van der Waals surface area contributed by atoms with Gasteiger partial charge in [-0.2, -0.15) is 0 Å². The first-order valence-electron chi connectivity index (χ1n) is 5.20. The minimum absolute atomic E-state index is 0.0707. The number of nitro benzene ring substituents is 1. The Morgan fingerprint density at radius 2 is 2.00 bits per heavy atom. The van der Waals surface area contributed by atoms with Gasteiger partial charge in [-0.15, -0.1) is 0 Å². The molecular weight excluding hydrogens is 236 g/mol. The lowest BCUT2D eigenvalue weighted by atomic mass is 10.1. The third kappa shape index (κ3) is 2.14. The van der Waals surface area contributed by atoms with Gasteiger partial charge in [-0.05, 0) is 18.2 Å². The average molecular weight is 246 g/mol. The maximum atomic E-state index is 11.3. The number of nitro groups is 1. The molecule has 6 heteroatoms. The van der Waals surface area contributed by atoms with Gasteiger partial charge >= 0.3 is 0 Å². The smallest absolute Gasteiger partial charge is 0.280 e. The number of carbonyl (C=O) groups excluding carboxylic acids is 1. The van der Waals surface area contributed by atoms with Crippen molar-refractivity contribution >= 4 is 11.5 Å². The summed E-state index contributed by atoms with van der Waals surface area (Å²) >= 11 is 0. The summed E-state index contributed by atoms with van der Waals surface area (Å²) < 4.78 is 5.28. The number of para-hydroxylation sites is 1. The fraction of sp³-hybridized carbons (Fsp3) is 0.0833. The Morgan fingerprint density at radius 3 is 2.67 bits per heavy atom. The standard InChI is InChI=1S/C12H10N2O4/c13-7-10(15)12-6-5-11(18-12)8-3-1-2-4-9(8)14(16)17/h1-6H,7,13H2. The van der Waals surface area contributed by atoms with Gasteiger partial charge in [-0.3, -0.25) is 14.9 Å². The van der Waals surface area contributed by atoms with Crippen molar-refractivity contribution in [1.29, 1.82) is 0 Å². The highest BCUT2D eigenvalue weighted by molar-refractivity contribution is 5.95. The topological polar surface area (TPSA) is 99.4 Å². The Kier molecular flexibility index (Phi) is 3.20. The molecule has 0 spiro atoms. The average Bonchev–Trinajstić information content (AvgIpc) is 2.87. The molecule has 0 aliphatic carbocycles. The summed E-state index contributed by atoms with van der Waals surface area (Å²) in [5.41, 5.74) is 5.47. The third-order valence-electron chi connectivity index (χ3n) is 2.43. The number of hydrogen-bond donors (Lipinski definition) is 1. The van der Waals surface area contributed by atoms with Gasteiger partial charge in [0.25, 0.3) is 5.69 Å². The Morgan fingerprint density at radius 1 is 1.28 bits per heavy atom. The summed E-state index contributed by atoms with van der Waals surface area (Å²) in [6, 6.07) is 9.15. The van der Waals surface area contributed by atoms with Gasteiger partial charge in [0.15, 0.2) is 5.76 Å². The van der Waals surface area contributed by atoms with Crippen molar-refractivity contribution < 1.29 is 14.1 Å². The monoisotopic (exact) mass is 246 g/mol. The van der Waals surface area contributed by atoms with Crippen molar-refractivity contribution in [2.24, 2.45) is 5.73 Å². The molecule has 18 heavy (non-hydrogen) atoms. The summed E-state index contributed by atoms with van der Waals surface area (Å²) in [5.74, 6) is 0.0320. The van der Waals surface area contributed by atoms with Gasteiger partial charge in [0.2, 0.25) is 5.78 Å². The molecule has 1 aromatic carbocycles. The van der Waals surface area contributed by atoms with Crippen LogP contribution in [-0.2, 0) is 0 Å². The first-order chi connectivity index (χ1) is 8.63. The second-order valence-corrected chi connectivity index (χ2v) is 3.57. The van der Waals surface area contributed by atoms with Crippen molar-refractivity contribution in [3.63, 3.8) is 0 Å². The van der Waals surface area contributed by atoms with Crippen LogP contribution in [0.1, 0.15) is 10.6 Å². The van der Waals surface area contributed by atoms with E-state index < -0.39 is 4.92 Å². The first-order valence-corrected chi connectivity index (χ1v) is 5.20. The van der Waals surface area contributed by atoms with E-state index in [9.17, 15) is 14.9 Å². The summed E-state index contributed by atoms with van der Waals surface area (Å²) in [7, 11) is 0. The molecule has 0 atom stereocenters. The van der Waals surface area contributed by atoms with E-state index in [1.54, 1.807) is 18.2 Å². The number of Topliss-reactive ketones (excluding diaryl/α,β-unsaturated/α-hetero) is 1. The molecule has 0 radical (unpaired) electrons. The lowest BCUT2D eigenvalue weighted by Crippen LogP contribution is -2.12. The summed E-state index contributed by atoms with van der Waals surface area (Å²) in [4.78, 5) is 21.7. The van der Waals surface area contributed by atoms with E-state index in [0.29, 0.717) is 5.56 Å². The number of benzene rings is 1. The Labute approximate surface area is 102 Å². The van der Waals surface area contributed by atoms with E-state index in [2.05, 4.69) is 0 Å². The summed E-state index contributed by atoms with van der Waals surface area (Å²) in [6.45, 7) is -0.163. The van der Waals surface area contributed by atoms with Crippen LogP contribution in [0.4, 0.5) is 5.69 Å². The molecule has 0 fully saturated rings. The van der Waals surface area contributed by atoms with Gasteiger partial charge in [0.1, 0.15) is 5.76 Å². The van der Waals surface area contributed by atoms with Crippen molar-refractivity contribution in [2.45, 2.75) is 0 Å². The molecule has 0 unspecified atom stereocenters. The maximum Gasteiger partial charge on any atom is 0.280 e. The predicted octanol–water partition coefficient (Wildman–Crippen LogP) is 2.00. The van der Waals surface area contributed by atoms with Gasteiger partial charge in [-0.1, -0.05) is 12.1 Å². The molecule has 0 saturated heterocycles. The molecule has 0 aliphatic heterocycles. The van der Waals surface area contributed by atoms with Gasteiger partial charge in [-0.25, -0.2) is 0 Å². The maximum absolute atomic E-state index is 11.3. The number of carbonyl (C=O) groups is 1. The quantitative estimate of drug-likeness (QED) is 0.505. The summed E-state index contributed by atoms with van der Waals surface area (Å²) in [5, 5.41) is 10.9. The van der Waals surface area contributed by atoms with Gasteiger partial charge < -0.3 is 10.2 Å². The van der Waals surface area contributed by atoms with Crippen molar-refractivity contribution in [3.05, 3.63) is 52.3 Å². The van der Waals surface area contributed by atoms with Crippen molar-refractivity contribution in [3.8, 4) is 11.3 Å². The molecule has 6 nitrogen and oxygen atoms in total. The minimum atomic E-state index is -0.498. The molecule has 0 amide bonds. The molecule has 0 bridgehead atoms. The highest BCUT2D eigenvalue weighted by Gasteiger charge is 2.18. The van der Waals surface area contributed by atoms with Crippen molar-refractivity contribution in [2.75, 3.05) is 6.54 Å². The lowest BCUT2D eigenvalue weighted by Gasteiger charge is -1.98. The molecule has 2 N–H and O–H groups in total. The van der Waals surface area contributed by atoms with Crippen LogP contribution in [0.25, 0.3) is 11.3 Å². The van der Waals surface area contributed by atoms with E-state index in [1.807, 2.05) is 0 Å². The van der Waals surface area contributed by atoms with E-state index >= 15 is 0 Å².